The molecule has 4 nitrogen and oxygen atoms in total. The fourth-order valence-corrected chi connectivity index (χ4v) is 0. The molecule has 0 saturated carbocycles. The second-order valence-electron chi connectivity index (χ2n) is 0.447. The van der Waals surface area contributed by atoms with Crippen molar-refractivity contribution in [2.75, 3.05) is 0 Å². The quantitative estimate of drug-likeness (QED) is 0.323. The Balaban J connectivity index is -0.0000000267. The Kier molecular flexibility index (Phi) is 24.6. The van der Waals surface area contributed by atoms with E-state index < -0.39 is 7.82 Å². The summed E-state index contributed by atoms with van der Waals surface area (Å²) in [6, 6.07) is 0. The van der Waals surface area contributed by atoms with Crippen LogP contribution in [0.5, 0.6) is 0 Å². The number of rotatable bonds is 0. The molecular weight excluding hydrogens is 230 g/mol. The number of hydrogen-bond acceptors (Lipinski definition) is 4. The fraction of sp³-hybridized carbons (Fsp3) is 0. The van der Waals surface area contributed by atoms with Crippen LogP contribution in [0.1, 0.15) is 0 Å². The Labute approximate surface area is 78.6 Å². The molecule has 0 spiro atoms. The van der Waals surface area contributed by atoms with Crippen molar-refractivity contribution in [3.63, 3.8) is 0 Å². The molecule has 0 heterocycles. The molecule has 8 heavy (non-hydrogen) atoms. The maximum absolute atomic E-state index is 8.55. The molecule has 0 aliphatic heterocycles. The van der Waals surface area contributed by atoms with Gasteiger partial charge in [-0.05, 0) is 0 Å². The third-order valence-electron chi connectivity index (χ3n) is 0. The van der Waals surface area contributed by atoms with E-state index in [0.29, 0.717) is 0 Å². The Morgan fingerprint density at radius 2 is 1.12 bits per heavy atom. The maximum atomic E-state index is 8.55. The van der Waals surface area contributed by atoms with Crippen molar-refractivity contribution in [2.45, 2.75) is 0 Å². The largest absolute Gasteiger partial charge is 3.00 e. The summed E-state index contributed by atoms with van der Waals surface area (Å²) >= 11 is 0. The minimum absolute atomic E-state index is 0. The molecule has 0 fully saturated rings. The van der Waals surface area contributed by atoms with Gasteiger partial charge < -0.3 is 19.2 Å². The van der Waals surface area contributed by atoms with Crippen LogP contribution in [0.3, 0.4) is 0 Å². The molecule has 0 aliphatic carbocycles. The standard InChI is InChI=1S/Al.Cr.Fe.H3O4P/c;;;1-5(2,3)4/h;;;(H3,1,2,3,4)/q2*+3;+2;/p-3. The van der Waals surface area contributed by atoms with Crippen LogP contribution in [-0.2, 0) is 39.0 Å². The van der Waals surface area contributed by atoms with E-state index in [9.17, 15) is 0 Å². The van der Waals surface area contributed by atoms with Crippen molar-refractivity contribution >= 4 is 25.2 Å². The first-order valence-electron chi connectivity index (χ1n) is 0.730. The molecule has 0 amide bonds. The van der Waals surface area contributed by atoms with Gasteiger partial charge in [-0.2, -0.15) is 7.82 Å². The van der Waals surface area contributed by atoms with Gasteiger partial charge in [-0.3, -0.25) is 0 Å². The van der Waals surface area contributed by atoms with Crippen LogP contribution in [-0.4, -0.2) is 17.4 Å². The normalized spacial score (nSPS) is 7.38. The van der Waals surface area contributed by atoms with Gasteiger partial charge in [-0.1, -0.05) is 0 Å². The SMILES string of the molecule is O=P([O-])([O-])[O-].[Al+3].[Cr+3].[Fe+2]. The monoisotopic (exact) mass is 230 g/mol. The van der Waals surface area contributed by atoms with E-state index >= 15 is 0 Å². The Bertz CT molecular complexity index is 62.2. The number of phosphoric acid groups is 1. The van der Waals surface area contributed by atoms with Crippen molar-refractivity contribution in [1.82, 2.24) is 0 Å². The van der Waals surface area contributed by atoms with Crippen LogP contribution in [0.25, 0.3) is 0 Å². The average Bonchev–Trinajstić information content (AvgIpc) is 0.722. The molecule has 0 rings (SSSR count). The molecule has 0 unspecified atom stereocenters. The molecule has 8 heteroatoms. The molecule has 0 aromatic heterocycles. The first kappa shape index (κ1) is 22.6. The molecule has 0 aromatic rings. The maximum Gasteiger partial charge on any atom is 3.00 e. The molecule has 0 atom stereocenters. The van der Waals surface area contributed by atoms with Crippen LogP contribution in [0.4, 0.5) is 0 Å². The Morgan fingerprint density at radius 1 is 1.12 bits per heavy atom. The summed E-state index contributed by atoms with van der Waals surface area (Å²) in [6.45, 7) is 0. The van der Waals surface area contributed by atoms with E-state index in [1.807, 2.05) is 0 Å². The van der Waals surface area contributed by atoms with Crippen LogP contribution < -0.4 is 14.7 Å². The minimum Gasteiger partial charge on any atom is -0.822 e. The van der Waals surface area contributed by atoms with Gasteiger partial charge in [0.1, 0.15) is 0 Å². The van der Waals surface area contributed by atoms with Crippen LogP contribution in [0.15, 0.2) is 0 Å². The first-order chi connectivity index (χ1) is 2.00. The minimum atomic E-state index is -5.39. The third kappa shape index (κ3) is 120. The zero-order valence-electron chi connectivity index (χ0n) is 3.42. The Hall–Kier alpha value is 1.69. The van der Waals surface area contributed by atoms with Gasteiger partial charge in [0.05, 0.1) is 0 Å². The van der Waals surface area contributed by atoms with Gasteiger partial charge in [0.15, 0.2) is 0 Å². The molecule has 0 aromatic carbocycles. The summed E-state index contributed by atoms with van der Waals surface area (Å²) in [4.78, 5) is 25.6. The van der Waals surface area contributed by atoms with E-state index in [0.717, 1.165) is 0 Å². The predicted molar refractivity (Wildman–Crippen MR) is 13.4 cm³/mol. The van der Waals surface area contributed by atoms with Gasteiger partial charge in [0, 0.05) is 0 Å². The van der Waals surface area contributed by atoms with E-state index in [-0.39, 0.29) is 51.8 Å². The third-order valence-corrected chi connectivity index (χ3v) is 0. The van der Waals surface area contributed by atoms with Gasteiger partial charge in [0.25, 0.3) is 0 Å². The summed E-state index contributed by atoms with van der Waals surface area (Å²) in [5.41, 5.74) is 0. The summed E-state index contributed by atoms with van der Waals surface area (Å²) in [5, 5.41) is 0. The summed E-state index contributed by atoms with van der Waals surface area (Å²) in [5.74, 6) is 0. The summed E-state index contributed by atoms with van der Waals surface area (Å²) in [6.07, 6.45) is 0. The van der Waals surface area contributed by atoms with Crippen molar-refractivity contribution in [2.24, 2.45) is 0 Å². The van der Waals surface area contributed by atoms with Gasteiger partial charge >= 0.3 is 51.8 Å². The molecular formula is AlCrFeO4P+5. The molecule has 1 radical (unpaired) electrons. The predicted octanol–water partition coefficient (Wildman–Crippen LogP) is -3.21. The first-order valence-corrected chi connectivity index (χ1v) is 2.19. The Morgan fingerprint density at radius 3 is 1.12 bits per heavy atom. The molecule has 0 N–H and O–H groups in total. The van der Waals surface area contributed by atoms with Crippen molar-refractivity contribution < 1.29 is 53.7 Å². The van der Waals surface area contributed by atoms with E-state index in [4.69, 9.17) is 19.2 Å². The molecule has 0 saturated heterocycles. The van der Waals surface area contributed by atoms with Crippen molar-refractivity contribution in [1.29, 1.82) is 0 Å². The van der Waals surface area contributed by atoms with E-state index in [1.165, 1.54) is 0 Å². The molecule has 0 aliphatic rings. The topological polar surface area (TPSA) is 86.2 Å². The smallest absolute Gasteiger partial charge is 0.822 e. The van der Waals surface area contributed by atoms with Crippen molar-refractivity contribution in [3.05, 3.63) is 0 Å². The van der Waals surface area contributed by atoms with Crippen LogP contribution >= 0.6 is 7.82 Å². The van der Waals surface area contributed by atoms with E-state index in [1.54, 1.807) is 0 Å². The van der Waals surface area contributed by atoms with Crippen molar-refractivity contribution in [3.8, 4) is 0 Å². The van der Waals surface area contributed by atoms with Crippen LogP contribution in [0, 0.1) is 0 Å². The molecule has 0 bridgehead atoms. The van der Waals surface area contributed by atoms with Gasteiger partial charge in [-0.25, -0.2) is 0 Å². The van der Waals surface area contributed by atoms with Gasteiger partial charge in [0.2, 0.25) is 0 Å². The fourth-order valence-electron chi connectivity index (χ4n) is 0. The van der Waals surface area contributed by atoms with Gasteiger partial charge in [-0.15, -0.1) is 0 Å². The average molecular weight is 230 g/mol. The second-order valence-corrected chi connectivity index (χ2v) is 1.34. The van der Waals surface area contributed by atoms with Crippen LogP contribution in [0.2, 0.25) is 0 Å². The number of hydrogen-bond donors (Lipinski definition) is 0. The summed E-state index contributed by atoms with van der Waals surface area (Å²) < 4.78 is 8.55. The zero-order valence-corrected chi connectivity index (χ0v) is 7.85. The zero-order chi connectivity index (χ0) is 4.50. The van der Waals surface area contributed by atoms with E-state index in [2.05, 4.69) is 0 Å². The molecule has 41 valence electrons. The summed E-state index contributed by atoms with van der Waals surface area (Å²) in [7, 11) is -5.39. The second kappa shape index (κ2) is 8.69.